The normalized spacial score (nSPS) is 13.7. The molecule has 0 heterocycles. The number of alkyl halides is 6. The smallest absolute Gasteiger partial charge is 0.421 e. The number of aromatic carboxylic acids is 1. The van der Waals surface area contributed by atoms with E-state index in [2.05, 4.69) is 19.2 Å². The van der Waals surface area contributed by atoms with Gasteiger partial charge in [-0.25, -0.2) is 4.79 Å². The molecule has 7 nitrogen and oxygen atoms in total. The summed E-state index contributed by atoms with van der Waals surface area (Å²) in [7, 11) is 0. The number of carbonyl (C=O) groups excluding carboxylic acids is 1. The van der Waals surface area contributed by atoms with E-state index < -0.39 is 41.0 Å². The summed E-state index contributed by atoms with van der Waals surface area (Å²) in [4.78, 5) is 24.8. The first-order valence-electron chi connectivity index (χ1n) is 16.1. The van der Waals surface area contributed by atoms with Gasteiger partial charge in [0.2, 0.25) is 0 Å². The SMILES string of the molecule is CC(C)N(C(=O)c1ccc(C(C)(O)C(F)(F)F)cc1)c1ccc(Cl)cc1Cl.CC(C)Nc1ccc(Cl)cc1Cl.CC(O)(c1ccc(C(=O)O)cc1)C(F)(F)F. The number of anilines is 2. The molecule has 0 fully saturated rings. The van der Waals surface area contributed by atoms with Gasteiger partial charge in [-0.05, 0) is 113 Å². The van der Waals surface area contributed by atoms with Crippen molar-refractivity contribution in [2.45, 2.75) is 77.2 Å². The van der Waals surface area contributed by atoms with Gasteiger partial charge >= 0.3 is 18.3 Å². The third kappa shape index (κ3) is 12.6. The van der Waals surface area contributed by atoms with Crippen molar-refractivity contribution in [3.05, 3.63) is 127 Å². The number of aliphatic hydroxyl groups is 2. The number of nitrogens with one attached hydrogen (secondary N) is 1. The molecule has 0 aliphatic carbocycles. The van der Waals surface area contributed by atoms with E-state index in [1.807, 2.05) is 12.1 Å². The van der Waals surface area contributed by atoms with Crippen molar-refractivity contribution in [1.29, 1.82) is 0 Å². The van der Waals surface area contributed by atoms with Crippen LogP contribution in [0.25, 0.3) is 0 Å². The van der Waals surface area contributed by atoms with Crippen LogP contribution in [0.15, 0.2) is 84.9 Å². The van der Waals surface area contributed by atoms with E-state index in [-0.39, 0.29) is 27.8 Å². The second-order valence-corrected chi connectivity index (χ2v) is 14.6. The minimum absolute atomic E-state index is 0.137. The maximum Gasteiger partial charge on any atom is 0.421 e. The van der Waals surface area contributed by atoms with Crippen molar-refractivity contribution in [1.82, 2.24) is 0 Å². The molecule has 4 aromatic rings. The average molecular weight is 859 g/mol. The summed E-state index contributed by atoms with van der Waals surface area (Å²) >= 11 is 23.8. The maximum atomic E-state index is 13.0. The van der Waals surface area contributed by atoms with Gasteiger partial charge in [0.05, 0.1) is 27.0 Å². The van der Waals surface area contributed by atoms with E-state index in [1.165, 1.54) is 23.1 Å². The van der Waals surface area contributed by atoms with Crippen molar-refractivity contribution in [3.8, 4) is 0 Å². The molecular formula is C38H38Cl4F6N2O5. The first-order valence-corrected chi connectivity index (χ1v) is 17.7. The molecule has 0 saturated heterocycles. The quantitative estimate of drug-likeness (QED) is 0.131. The summed E-state index contributed by atoms with van der Waals surface area (Å²) in [5, 5.41) is 32.8. The van der Waals surface area contributed by atoms with Crippen LogP contribution in [0.4, 0.5) is 37.7 Å². The number of carbonyl (C=O) groups is 2. The predicted octanol–water partition coefficient (Wildman–Crippen LogP) is 11.8. The second kappa shape index (κ2) is 18.9. The van der Waals surface area contributed by atoms with E-state index in [0.717, 1.165) is 42.1 Å². The predicted molar refractivity (Wildman–Crippen MR) is 205 cm³/mol. The van der Waals surface area contributed by atoms with Gasteiger partial charge in [-0.15, -0.1) is 0 Å². The third-order valence-electron chi connectivity index (χ3n) is 7.77. The average Bonchev–Trinajstić information content (AvgIpc) is 3.06. The van der Waals surface area contributed by atoms with Crippen molar-refractivity contribution >= 4 is 69.7 Å². The summed E-state index contributed by atoms with van der Waals surface area (Å²) in [6.07, 6.45) is -9.64. The Labute approximate surface area is 334 Å². The first kappa shape index (κ1) is 47.4. The Kier molecular flexibility index (Phi) is 16.3. The highest BCUT2D eigenvalue weighted by atomic mass is 35.5. The number of hydrogen-bond acceptors (Lipinski definition) is 5. The first-order chi connectivity index (χ1) is 25.1. The molecule has 0 bridgehead atoms. The number of hydrogen-bond donors (Lipinski definition) is 4. The molecule has 2 unspecified atom stereocenters. The summed E-state index contributed by atoms with van der Waals surface area (Å²) in [5.74, 6) is -1.68. The molecule has 0 aromatic heterocycles. The van der Waals surface area contributed by atoms with Crippen LogP contribution in [0.2, 0.25) is 20.1 Å². The van der Waals surface area contributed by atoms with Gasteiger partial charge in [0.25, 0.3) is 5.91 Å². The van der Waals surface area contributed by atoms with E-state index in [1.54, 1.807) is 32.0 Å². The number of rotatable bonds is 8. The molecule has 300 valence electrons. The Morgan fingerprint density at radius 3 is 1.38 bits per heavy atom. The van der Waals surface area contributed by atoms with Crippen molar-refractivity contribution in [2.75, 3.05) is 10.2 Å². The lowest BCUT2D eigenvalue weighted by Crippen LogP contribution is -2.39. The van der Waals surface area contributed by atoms with Crippen molar-refractivity contribution in [2.24, 2.45) is 0 Å². The molecule has 1 amide bonds. The zero-order valence-corrected chi connectivity index (χ0v) is 33.1. The lowest BCUT2D eigenvalue weighted by atomic mass is 9.94. The van der Waals surface area contributed by atoms with Crippen molar-refractivity contribution in [3.63, 3.8) is 0 Å². The highest BCUT2D eigenvalue weighted by Gasteiger charge is 2.52. The molecule has 0 aliphatic rings. The summed E-state index contributed by atoms with van der Waals surface area (Å²) in [5.41, 5.74) is -5.35. The van der Waals surface area contributed by atoms with Gasteiger partial charge in [-0.3, -0.25) is 4.79 Å². The molecule has 4 aromatic carbocycles. The molecule has 4 N–H and O–H groups in total. The van der Waals surface area contributed by atoms with Crippen LogP contribution < -0.4 is 10.2 Å². The van der Waals surface area contributed by atoms with Gasteiger partial charge in [0.15, 0.2) is 11.2 Å². The molecule has 4 rings (SSSR count). The zero-order chi connectivity index (χ0) is 42.3. The Morgan fingerprint density at radius 2 is 1.04 bits per heavy atom. The monoisotopic (exact) mass is 856 g/mol. The Hall–Kier alpha value is -3.72. The topological polar surface area (TPSA) is 110 Å². The van der Waals surface area contributed by atoms with Crippen LogP contribution in [0.5, 0.6) is 0 Å². The molecule has 0 aliphatic heterocycles. The summed E-state index contributed by atoms with van der Waals surface area (Å²) in [6.45, 7) is 8.97. The number of nitrogens with zero attached hydrogens (tertiary/aromatic N) is 1. The minimum Gasteiger partial charge on any atom is -0.478 e. The van der Waals surface area contributed by atoms with Gasteiger partial charge in [0.1, 0.15) is 0 Å². The summed E-state index contributed by atoms with van der Waals surface area (Å²) < 4.78 is 76.1. The zero-order valence-electron chi connectivity index (χ0n) is 30.1. The highest BCUT2D eigenvalue weighted by Crippen LogP contribution is 2.40. The number of benzene rings is 4. The minimum atomic E-state index is -4.83. The van der Waals surface area contributed by atoms with Crippen molar-refractivity contribution < 1.29 is 51.3 Å². The standard InChI is InChI=1S/C19H18Cl2F3NO2.C10H9F3O3.C9H11Cl2N/c1-11(2)25(16-9-8-14(20)10-15(16)21)17(26)12-4-6-13(7-5-12)18(3,27)19(22,23)24;1-9(16,10(11,12)13)7-4-2-6(3-5-7)8(14)15;1-6(2)12-9-4-3-7(10)5-8(9)11/h4-11,27H,1-3H3;2-5,16H,1H3,(H,14,15);3-6,12H,1-2H3. The molecule has 2 atom stereocenters. The third-order valence-corrected chi connectivity index (χ3v) is 8.86. The van der Waals surface area contributed by atoms with Crippen LogP contribution in [-0.4, -0.2) is 51.6 Å². The van der Waals surface area contributed by atoms with Crippen LogP contribution in [0.1, 0.15) is 73.4 Å². The molecule has 0 radical (unpaired) electrons. The lowest BCUT2D eigenvalue weighted by Gasteiger charge is -2.29. The van der Waals surface area contributed by atoms with Crippen LogP contribution >= 0.6 is 46.4 Å². The van der Waals surface area contributed by atoms with Gasteiger partial charge in [-0.1, -0.05) is 70.7 Å². The number of carboxylic acids is 1. The van der Waals surface area contributed by atoms with Gasteiger partial charge in [0, 0.05) is 27.7 Å². The van der Waals surface area contributed by atoms with Crippen LogP contribution in [0.3, 0.4) is 0 Å². The summed E-state index contributed by atoms with van der Waals surface area (Å²) in [6, 6.07) is 18.8. The largest absolute Gasteiger partial charge is 0.478 e. The number of halogens is 10. The molecule has 55 heavy (non-hydrogen) atoms. The Morgan fingerprint density at radius 1 is 0.636 bits per heavy atom. The van der Waals surface area contributed by atoms with Gasteiger partial charge in [-0.2, -0.15) is 26.3 Å². The second-order valence-electron chi connectivity index (χ2n) is 12.9. The van der Waals surface area contributed by atoms with Gasteiger partial charge < -0.3 is 25.5 Å². The molecular weight excluding hydrogens is 820 g/mol. The fourth-order valence-corrected chi connectivity index (χ4v) is 5.52. The highest BCUT2D eigenvalue weighted by molar-refractivity contribution is 6.37. The Bertz CT molecular complexity index is 1920. The van der Waals surface area contributed by atoms with E-state index in [4.69, 9.17) is 51.5 Å². The number of amides is 1. The van der Waals surface area contributed by atoms with E-state index >= 15 is 0 Å². The van der Waals surface area contributed by atoms with E-state index in [9.17, 15) is 46.1 Å². The fraction of sp³-hybridized carbons (Fsp3) is 0.316. The van der Waals surface area contributed by atoms with E-state index in [0.29, 0.717) is 40.6 Å². The fourth-order valence-electron chi connectivity index (χ4n) is 4.56. The number of carboxylic acid groups (broad SMARTS) is 1. The van der Waals surface area contributed by atoms with Crippen LogP contribution in [-0.2, 0) is 11.2 Å². The molecule has 17 heteroatoms. The lowest BCUT2D eigenvalue weighted by molar-refractivity contribution is -0.259. The molecule has 0 spiro atoms. The maximum absolute atomic E-state index is 13.0. The molecule has 0 saturated carbocycles. The Balaban J connectivity index is 0.000000315. The van der Waals surface area contributed by atoms with Crippen LogP contribution in [0, 0.1) is 0 Å².